The zero-order valence-electron chi connectivity index (χ0n) is 11.4. The highest BCUT2D eigenvalue weighted by molar-refractivity contribution is 4.86. The van der Waals surface area contributed by atoms with Crippen LogP contribution in [0.5, 0.6) is 0 Å². The third kappa shape index (κ3) is 4.42. The largest absolute Gasteiger partial charge is 0.389 e. The minimum Gasteiger partial charge on any atom is -0.389 e. The second-order valence-electron chi connectivity index (χ2n) is 6.18. The molecule has 2 nitrogen and oxygen atoms in total. The van der Waals surface area contributed by atoms with Gasteiger partial charge in [-0.15, -0.1) is 0 Å². The topological polar surface area (TPSA) is 32.3 Å². The monoisotopic (exact) mass is 227 g/mol. The Morgan fingerprint density at radius 3 is 2.62 bits per heavy atom. The molecule has 2 heteroatoms. The summed E-state index contributed by atoms with van der Waals surface area (Å²) in [6.45, 7) is 9.30. The van der Waals surface area contributed by atoms with Crippen LogP contribution in [0.3, 0.4) is 0 Å². The van der Waals surface area contributed by atoms with Gasteiger partial charge >= 0.3 is 0 Å². The first-order chi connectivity index (χ1) is 7.44. The number of hydrogen-bond donors (Lipinski definition) is 2. The smallest absolute Gasteiger partial charge is 0.0746 e. The highest BCUT2D eigenvalue weighted by Crippen LogP contribution is 2.28. The fraction of sp³-hybridized carbons (Fsp3) is 1.00. The summed E-state index contributed by atoms with van der Waals surface area (Å²) in [4.78, 5) is 0. The first-order valence-electron chi connectivity index (χ1n) is 6.90. The number of aliphatic hydroxyl groups is 1. The second-order valence-corrected chi connectivity index (χ2v) is 6.18. The third-order valence-electron chi connectivity index (χ3n) is 3.78. The van der Waals surface area contributed by atoms with Gasteiger partial charge in [0.25, 0.3) is 0 Å². The molecule has 0 heterocycles. The lowest BCUT2D eigenvalue weighted by Crippen LogP contribution is -2.44. The Morgan fingerprint density at radius 2 is 2.06 bits per heavy atom. The van der Waals surface area contributed by atoms with Crippen LogP contribution in [0, 0.1) is 11.8 Å². The minimum absolute atomic E-state index is 0.547. The molecule has 0 aromatic rings. The lowest BCUT2D eigenvalue weighted by atomic mass is 9.93. The molecule has 1 rings (SSSR count). The molecule has 0 saturated heterocycles. The Kier molecular flexibility index (Phi) is 5.26. The van der Waals surface area contributed by atoms with Crippen molar-refractivity contribution in [3.05, 3.63) is 0 Å². The zero-order valence-corrected chi connectivity index (χ0v) is 11.4. The van der Waals surface area contributed by atoms with Gasteiger partial charge in [-0.05, 0) is 38.0 Å². The molecule has 96 valence electrons. The Bertz CT molecular complexity index is 201. The van der Waals surface area contributed by atoms with Crippen molar-refractivity contribution >= 4 is 0 Å². The first kappa shape index (κ1) is 14.0. The Morgan fingerprint density at radius 1 is 1.38 bits per heavy atom. The molecule has 1 aliphatic carbocycles. The summed E-state index contributed by atoms with van der Waals surface area (Å²) in [6, 6.07) is 0.642. The van der Waals surface area contributed by atoms with Crippen LogP contribution in [-0.4, -0.2) is 23.3 Å². The van der Waals surface area contributed by atoms with E-state index in [0.29, 0.717) is 12.0 Å². The van der Waals surface area contributed by atoms with E-state index in [2.05, 4.69) is 26.1 Å². The van der Waals surface area contributed by atoms with E-state index in [0.717, 1.165) is 18.9 Å². The van der Waals surface area contributed by atoms with Crippen LogP contribution >= 0.6 is 0 Å². The summed E-state index contributed by atoms with van der Waals surface area (Å²) in [5, 5.41) is 13.8. The van der Waals surface area contributed by atoms with Crippen molar-refractivity contribution in [1.29, 1.82) is 0 Å². The van der Waals surface area contributed by atoms with Gasteiger partial charge in [-0.25, -0.2) is 0 Å². The SMILES string of the molecule is CCC1CCCC1NCC(C)(O)CC(C)C. The van der Waals surface area contributed by atoms with Crippen molar-refractivity contribution < 1.29 is 5.11 Å². The number of nitrogens with one attached hydrogen (secondary N) is 1. The number of rotatable bonds is 6. The van der Waals surface area contributed by atoms with Gasteiger partial charge in [0.05, 0.1) is 5.60 Å². The standard InChI is InChI=1S/C14H29NO/c1-5-12-7-6-8-13(12)15-10-14(4,16)9-11(2)3/h11-13,15-16H,5-10H2,1-4H3. The zero-order chi connectivity index (χ0) is 12.2. The van der Waals surface area contributed by atoms with E-state index in [1.165, 1.54) is 25.7 Å². The molecule has 0 bridgehead atoms. The fourth-order valence-electron chi connectivity index (χ4n) is 3.10. The molecule has 0 radical (unpaired) electrons. The van der Waals surface area contributed by atoms with Crippen LogP contribution in [0.1, 0.15) is 59.8 Å². The summed E-state index contributed by atoms with van der Waals surface area (Å²) in [5.41, 5.74) is -0.547. The van der Waals surface area contributed by atoms with E-state index in [4.69, 9.17) is 0 Å². The van der Waals surface area contributed by atoms with E-state index >= 15 is 0 Å². The average Bonchev–Trinajstić information content (AvgIpc) is 2.59. The van der Waals surface area contributed by atoms with Crippen LogP contribution in [-0.2, 0) is 0 Å². The molecule has 0 amide bonds. The minimum atomic E-state index is -0.547. The van der Waals surface area contributed by atoms with Gasteiger partial charge in [0.2, 0.25) is 0 Å². The summed E-state index contributed by atoms with van der Waals surface area (Å²) in [7, 11) is 0. The molecule has 0 aromatic carbocycles. The number of hydrogen-bond acceptors (Lipinski definition) is 2. The van der Waals surface area contributed by atoms with Gasteiger partial charge in [-0.2, -0.15) is 0 Å². The van der Waals surface area contributed by atoms with Crippen LogP contribution in [0.25, 0.3) is 0 Å². The molecule has 0 spiro atoms. The van der Waals surface area contributed by atoms with Crippen molar-refractivity contribution in [3.8, 4) is 0 Å². The second kappa shape index (κ2) is 6.02. The third-order valence-corrected chi connectivity index (χ3v) is 3.78. The van der Waals surface area contributed by atoms with E-state index in [1.807, 2.05) is 6.92 Å². The Balaban J connectivity index is 2.32. The predicted octanol–water partition coefficient (Wildman–Crippen LogP) is 2.95. The summed E-state index contributed by atoms with van der Waals surface area (Å²) < 4.78 is 0. The molecular formula is C14H29NO. The van der Waals surface area contributed by atoms with Gasteiger partial charge in [0.1, 0.15) is 0 Å². The van der Waals surface area contributed by atoms with Gasteiger partial charge < -0.3 is 10.4 Å². The molecule has 1 aliphatic rings. The first-order valence-corrected chi connectivity index (χ1v) is 6.90. The van der Waals surface area contributed by atoms with Gasteiger partial charge in [-0.1, -0.05) is 33.6 Å². The molecule has 16 heavy (non-hydrogen) atoms. The van der Waals surface area contributed by atoms with Crippen LogP contribution in [0.4, 0.5) is 0 Å². The highest BCUT2D eigenvalue weighted by Gasteiger charge is 2.28. The summed E-state index contributed by atoms with van der Waals surface area (Å²) in [6.07, 6.45) is 6.15. The van der Waals surface area contributed by atoms with E-state index < -0.39 is 5.60 Å². The quantitative estimate of drug-likeness (QED) is 0.731. The van der Waals surface area contributed by atoms with Gasteiger partial charge in [-0.3, -0.25) is 0 Å². The van der Waals surface area contributed by atoms with Gasteiger partial charge in [0.15, 0.2) is 0 Å². The van der Waals surface area contributed by atoms with E-state index in [9.17, 15) is 5.11 Å². The molecule has 0 aliphatic heterocycles. The van der Waals surface area contributed by atoms with E-state index in [-0.39, 0.29) is 0 Å². The van der Waals surface area contributed by atoms with Crippen molar-refractivity contribution in [1.82, 2.24) is 5.32 Å². The lowest BCUT2D eigenvalue weighted by Gasteiger charge is -2.29. The van der Waals surface area contributed by atoms with Crippen molar-refractivity contribution in [2.75, 3.05) is 6.54 Å². The molecule has 3 unspecified atom stereocenters. The maximum Gasteiger partial charge on any atom is 0.0746 e. The predicted molar refractivity (Wildman–Crippen MR) is 69.5 cm³/mol. The summed E-state index contributed by atoms with van der Waals surface area (Å²) >= 11 is 0. The van der Waals surface area contributed by atoms with Gasteiger partial charge in [0, 0.05) is 12.6 Å². The van der Waals surface area contributed by atoms with Crippen LogP contribution < -0.4 is 5.32 Å². The van der Waals surface area contributed by atoms with Crippen molar-refractivity contribution in [2.24, 2.45) is 11.8 Å². The molecule has 1 saturated carbocycles. The Labute approximate surface area is 101 Å². The maximum absolute atomic E-state index is 10.2. The maximum atomic E-state index is 10.2. The summed E-state index contributed by atoms with van der Waals surface area (Å²) in [5.74, 6) is 1.39. The molecule has 3 atom stereocenters. The average molecular weight is 227 g/mol. The van der Waals surface area contributed by atoms with Crippen LogP contribution in [0.2, 0.25) is 0 Å². The van der Waals surface area contributed by atoms with E-state index in [1.54, 1.807) is 0 Å². The fourth-order valence-corrected chi connectivity index (χ4v) is 3.10. The lowest BCUT2D eigenvalue weighted by molar-refractivity contribution is 0.0345. The van der Waals surface area contributed by atoms with Crippen molar-refractivity contribution in [2.45, 2.75) is 71.4 Å². The normalized spacial score (nSPS) is 29.6. The molecule has 1 fully saturated rings. The molecular weight excluding hydrogens is 198 g/mol. The van der Waals surface area contributed by atoms with Crippen LogP contribution in [0.15, 0.2) is 0 Å². The Hall–Kier alpha value is -0.0800. The molecule has 0 aromatic heterocycles. The van der Waals surface area contributed by atoms with Crippen molar-refractivity contribution in [3.63, 3.8) is 0 Å². The molecule has 2 N–H and O–H groups in total. The highest BCUT2D eigenvalue weighted by atomic mass is 16.3.